The smallest absolute Gasteiger partial charge is 0.301 e. The van der Waals surface area contributed by atoms with Gasteiger partial charge in [-0.15, -0.1) is 0 Å². The van der Waals surface area contributed by atoms with Crippen molar-refractivity contribution in [3.63, 3.8) is 0 Å². The Labute approximate surface area is 118 Å². The van der Waals surface area contributed by atoms with Gasteiger partial charge in [0, 0.05) is 13.6 Å². The maximum Gasteiger partial charge on any atom is 0.301 e. The van der Waals surface area contributed by atoms with E-state index < -0.39 is 10.2 Å². The molecule has 0 aliphatic heterocycles. The standard InChI is InChI=1S/C13H16N4O2S/c1-17(10-11-5-3-2-4-6-11)20(18,19)16-12-7-8-13(14)15-9-12/h2-9,16H,10H2,1H3,(H2,14,15). The van der Waals surface area contributed by atoms with E-state index in [-0.39, 0.29) is 0 Å². The summed E-state index contributed by atoms with van der Waals surface area (Å²) in [6.45, 7) is 0.290. The predicted molar refractivity (Wildman–Crippen MR) is 79.1 cm³/mol. The van der Waals surface area contributed by atoms with Gasteiger partial charge in [0.1, 0.15) is 5.82 Å². The number of nitrogens with two attached hydrogens (primary N) is 1. The fraction of sp³-hybridized carbons (Fsp3) is 0.154. The third-order valence-corrected chi connectivity index (χ3v) is 4.13. The van der Waals surface area contributed by atoms with E-state index >= 15 is 0 Å². The highest BCUT2D eigenvalue weighted by molar-refractivity contribution is 7.90. The van der Waals surface area contributed by atoms with Crippen molar-refractivity contribution in [2.24, 2.45) is 0 Å². The van der Waals surface area contributed by atoms with Crippen LogP contribution in [0.1, 0.15) is 5.56 Å². The maximum absolute atomic E-state index is 12.1. The van der Waals surface area contributed by atoms with E-state index in [1.165, 1.54) is 23.6 Å². The summed E-state index contributed by atoms with van der Waals surface area (Å²) in [6.07, 6.45) is 1.38. The normalized spacial score (nSPS) is 11.5. The van der Waals surface area contributed by atoms with Crippen molar-refractivity contribution < 1.29 is 8.42 Å². The number of hydrogen-bond donors (Lipinski definition) is 2. The zero-order valence-electron chi connectivity index (χ0n) is 11.0. The third kappa shape index (κ3) is 3.69. The largest absolute Gasteiger partial charge is 0.384 e. The molecule has 0 aliphatic carbocycles. The van der Waals surface area contributed by atoms with Crippen LogP contribution < -0.4 is 10.5 Å². The van der Waals surface area contributed by atoms with Crippen LogP contribution >= 0.6 is 0 Å². The molecule has 6 nitrogen and oxygen atoms in total. The average molecular weight is 292 g/mol. The first kappa shape index (κ1) is 14.3. The van der Waals surface area contributed by atoms with Crippen LogP contribution in [0, 0.1) is 0 Å². The van der Waals surface area contributed by atoms with Crippen molar-refractivity contribution in [2.45, 2.75) is 6.54 Å². The summed E-state index contributed by atoms with van der Waals surface area (Å²) >= 11 is 0. The highest BCUT2D eigenvalue weighted by Crippen LogP contribution is 2.13. The number of hydrogen-bond acceptors (Lipinski definition) is 4. The lowest BCUT2D eigenvalue weighted by atomic mass is 10.2. The molecular weight excluding hydrogens is 276 g/mol. The Balaban J connectivity index is 2.08. The van der Waals surface area contributed by atoms with Gasteiger partial charge in [0.2, 0.25) is 0 Å². The first-order chi connectivity index (χ1) is 9.47. The summed E-state index contributed by atoms with van der Waals surface area (Å²) in [5.74, 6) is 0.339. The molecule has 3 N–H and O–H groups in total. The van der Waals surface area contributed by atoms with Gasteiger partial charge in [-0.05, 0) is 17.7 Å². The van der Waals surface area contributed by atoms with Gasteiger partial charge >= 0.3 is 10.2 Å². The molecule has 2 aromatic rings. The van der Waals surface area contributed by atoms with Gasteiger partial charge in [0.25, 0.3) is 0 Å². The number of nitrogen functional groups attached to an aromatic ring is 1. The van der Waals surface area contributed by atoms with E-state index in [0.717, 1.165) is 5.56 Å². The van der Waals surface area contributed by atoms with E-state index in [2.05, 4.69) is 9.71 Å². The Morgan fingerprint density at radius 1 is 1.20 bits per heavy atom. The summed E-state index contributed by atoms with van der Waals surface area (Å²) in [5.41, 5.74) is 6.74. The fourth-order valence-corrected chi connectivity index (χ4v) is 2.51. The molecule has 2 rings (SSSR count). The van der Waals surface area contributed by atoms with E-state index in [1.807, 2.05) is 30.3 Å². The molecule has 0 bridgehead atoms. The number of aromatic nitrogens is 1. The molecule has 0 fully saturated rings. The molecule has 0 saturated heterocycles. The molecule has 0 saturated carbocycles. The Bertz CT molecular complexity index is 657. The van der Waals surface area contributed by atoms with Gasteiger partial charge < -0.3 is 5.73 Å². The van der Waals surface area contributed by atoms with Crippen LogP contribution in [0.5, 0.6) is 0 Å². The number of rotatable bonds is 5. The lowest BCUT2D eigenvalue weighted by Crippen LogP contribution is -2.32. The van der Waals surface area contributed by atoms with Crippen LogP contribution in [0.4, 0.5) is 11.5 Å². The molecule has 1 heterocycles. The highest BCUT2D eigenvalue weighted by Gasteiger charge is 2.17. The number of benzene rings is 1. The molecule has 1 aromatic heterocycles. The lowest BCUT2D eigenvalue weighted by molar-refractivity contribution is 0.471. The monoisotopic (exact) mass is 292 g/mol. The number of nitrogens with zero attached hydrogens (tertiary/aromatic N) is 2. The van der Waals surface area contributed by atoms with Gasteiger partial charge in [-0.3, -0.25) is 4.72 Å². The van der Waals surface area contributed by atoms with Crippen molar-refractivity contribution >= 4 is 21.7 Å². The van der Waals surface area contributed by atoms with Crippen LogP contribution in [-0.2, 0) is 16.8 Å². The SMILES string of the molecule is CN(Cc1ccccc1)S(=O)(=O)Nc1ccc(N)nc1. The average Bonchev–Trinajstić information content (AvgIpc) is 2.42. The van der Waals surface area contributed by atoms with Crippen LogP contribution in [-0.4, -0.2) is 24.8 Å². The molecular formula is C13H16N4O2S. The van der Waals surface area contributed by atoms with Gasteiger partial charge in [-0.25, -0.2) is 4.98 Å². The third-order valence-electron chi connectivity index (χ3n) is 2.69. The Hall–Kier alpha value is -2.12. The zero-order valence-corrected chi connectivity index (χ0v) is 11.8. The van der Waals surface area contributed by atoms with Gasteiger partial charge in [0.15, 0.2) is 0 Å². The van der Waals surface area contributed by atoms with Crippen molar-refractivity contribution in [2.75, 3.05) is 17.5 Å². The molecule has 106 valence electrons. The Morgan fingerprint density at radius 2 is 1.90 bits per heavy atom. The van der Waals surface area contributed by atoms with E-state index in [1.54, 1.807) is 6.07 Å². The minimum absolute atomic E-state index is 0.290. The van der Waals surface area contributed by atoms with Crippen molar-refractivity contribution in [1.29, 1.82) is 0 Å². The number of nitrogens with one attached hydrogen (secondary N) is 1. The topological polar surface area (TPSA) is 88.3 Å². The van der Waals surface area contributed by atoms with Crippen molar-refractivity contribution in [3.05, 3.63) is 54.2 Å². The second kappa shape index (κ2) is 5.89. The van der Waals surface area contributed by atoms with Gasteiger partial charge in [-0.2, -0.15) is 12.7 Å². The molecule has 7 heteroatoms. The highest BCUT2D eigenvalue weighted by atomic mass is 32.2. The van der Waals surface area contributed by atoms with Crippen LogP contribution in [0.15, 0.2) is 48.7 Å². The second-order valence-corrected chi connectivity index (χ2v) is 6.10. The van der Waals surface area contributed by atoms with E-state index in [0.29, 0.717) is 18.1 Å². The van der Waals surface area contributed by atoms with Gasteiger partial charge in [-0.1, -0.05) is 30.3 Å². The van der Waals surface area contributed by atoms with E-state index in [9.17, 15) is 8.42 Å². The predicted octanol–water partition coefficient (Wildman–Crippen LogP) is 1.45. The van der Waals surface area contributed by atoms with Crippen molar-refractivity contribution in [3.8, 4) is 0 Å². The quantitative estimate of drug-likeness (QED) is 0.873. The fourth-order valence-electron chi connectivity index (χ4n) is 1.62. The van der Waals surface area contributed by atoms with Gasteiger partial charge in [0.05, 0.1) is 11.9 Å². The van der Waals surface area contributed by atoms with Crippen LogP contribution in [0.3, 0.4) is 0 Å². The Kier molecular flexibility index (Phi) is 4.21. The molecule has 0 spiro atoms. The molecule has 20 heavy (non-hydrogen) atoms. The summed E-state index contributed by atoms with van der Waals surface area (Å²) < 4.78 is 28.0. The molecule has 0 radical (unpaired) electrons. The number of anilines is 2. The minimum Gasteiger partial charge on any atom is -0.384 e. The van der Waals surface area contributed by atoms with Crippen LogP contribution in [0.2, 0.25) is 0 Å². The molecule has 0 amide bonds. The summed E-state index contributed by atoms with van der Waals surface area (Å²) in [7, 11) is -2.11. The summed E-state index contributed by atoms with van der Waals surface area (Å²) in [4.78, 5) is 3.84. The maximum atomic E-state index is 12.1. The molecule has 0 unspecified atom stereocenters. The lowest BCUT2D eigenvalue weighted by Gasteiger charge is -2.18. The first-order valence-corrected chi connectivity index (χ1v) is 7.41. The first-order valence-electron chi connectivity index (χ1n) is 5.97. The summed E-state index contributed by atoms with van der Waals surface area (Å²) in [6, 6.07) is 12.5. The van der Waals surface area contributed by atoms with Crippen LogP contribution in [0.25, 0.3) is 0 Å². The molecule has 0 aliphatic rings. The number of pyridine rings is 1. The summed E-state index contributed by atoms with van der Waals surface area (Å²) in [5, 5.41) is 0. The minimum atomic E-state index is -3.62. The van der Waals surface area contributed by atoms with E-state index in [4.69, 9.17) is 5.73 Å². The molecule has 1 aromatic carbocycles. The zero-order chi connectivity index (χ0) is 14.6. The second-order valence-electron chi connectivity index (χ2n) is 4.32. The molecule has 0 atom stereocenters. The Morgan fingerprint density at radius 3 is 2.50 bits per heavy atom. The van der Waals surface area contributed by atoms with Crippen molar-refractivity contribution in [1.82, 2.24) is 9.29 Å².